The molecule has 0 unspecified atom stereocenters. The molecule has 1 fully saturated rings. The van der Waals surface area contributed by atoms with Crippen molar-refractivity contribution in [2.45, 2.75) is 6.92 Å². The van der Waals surface area contributed by atoms with E-state index in [9.17, 15) is 0 Å². The topological polar surface area (TPSA) is 50.3 Å². The maximum Gasteiger partial charge on any atom is 0.217 e. The maximum atomic E-state index is 5.23. The van der Waals surface area contributed by atoms with Crippen LogP contribution in [0.4, 0.5) is 5.13 Å². The lowest BCUT2D eigenvalue weighted by Crippen LogP contribution is -2.40. The first kappa shape index (κ1) is 8.86. The van der Waals surface area contributed by atoms with Crippen LogP contribution in [0.5, 0.6) is 0 Å². The van der Waals surface area contributed by atoms with Gasteiger partial charge in [-0.1, -0.05) is 0 Å². The Balaban J connectivity index is 1.89. The van der Waals surface area contributed by atoms with Gasteiger partial charge in [-0.2, -0.15) is 4.37 Å². The van der Waals surface area contributed by atoms with Gasteiger partial charge in [0.15, 0.2) is 0 Å². The van der Waals surface area contributed by atoms with Crippen molar-refractivity contribution < 1.29 is 4.74 Å². The van der Waals surface area contributed by atoms with Gasteiger partial charge in [0, 0.05) is 24.6 Å². The highest BCUT2D eigenvalue weighted by Gasteiger charge is 2.11. The molecule has 1 saturated heterocycles. The van der Waals surface area contributed by atoms with E-state index in [0.717, 1.165) is 37.3 Å². The Hall–Kier alpha value is -0.720. The zero-order chi connectivity index (χ0) is 9.10. The number of morpholine rings is 1. The molecule has 0 aromatic carbocycles. The molecule has 1 aromatic rings. The van der Waals surface area contributed by atoms with Crippen LogP contribution in [0.2, 0.25) is 0 Å². The maximum absolute atomic E-state index is 5.23. The first-order chi connectivity index (χ1) is 6.34. The molecule has 0 saturated carbocycles. The molecule has 1 aliphatic rings. The minimum atomic E-state index is 0.783. The van der Waals surface area contributed by atoms with Crippen molar-refractivity contribution in [3.05, 3.63) is 5.82 Å². The van der Waals surface area contributed by atoms with Crippen molar-refractivity contribution in [2.75, 3.05) is 31.7 Å². The Morgan fingerprint density at radius 2 is 2.23 bits per heavy atom. The smallest absolute Gasteiger partial charge is 0.217 e. The van der Waals surface area contributed by atoms with Gasteiger partial charge in [0.2, 0.25) is 5.13 Å². The van der Waals surface area contributed by atoms with Gasteiger partial charge >= 0.3 is 0 Å². The van der Waals surface area contributed by atoms with Gasteiger partial charge in [0.25, 0.3) is 0 Å². The minimum Gasteiger partial charge on any atom is -0.379 e. The normalized spacial score (nSPS) is 18.8. The van der Waals surface area contributed by atoms with Crippen LogP contribution >= 0.6 is 11.5 Å². The lowest BCUT2D eigenvalue weighted by molar-refractivity contribution is 0.0497. The number of aromatic nitrogens is 2. The van der Waals surface area contributed by atoms with Crippen molar-refractivity contribution in [1.29, 1.82) is 0 Å². The average molecular weight is 200 g/mol. The summed E-state index contributed by atoms with van der Waals surface area (Å²) in [4.78, 5) is 4.22. The van der Waals surface area contributed by atoms with E-state index in [1.54, 1.807) is 0 Å². The number of ether oxygens (including phenoxy) is 1. The molecule has 2 heterocycles. The predicted molar refractivity (Wildman–Crippen MR) is 50.7 cm³/mol. The Morgan fingerprint density at radius 3 is 2.85 bits per heavy atom. The molecule has 1 N–H and O–H groups in total. The van der Waals surface area contributed by atoms with E-state index in [1.165, 1.54) is 11.5 Å². The Labute approximate surface area is 80.9 Å². The fraction of sp³-hybridized carbons (Fsp3) is 0.714. The van der Waals surface area contributed by atoms with E-state index in [0.29, 0.717) is 0 Å². The summed E-state index contributed by atoms with van der Waals surface area (Å²) < 4.78 is 9.32. The third-order valence-corrected chi connectivity index (χ3v) is 2.50. The van der Waals surface area contributed by atoms with Crippen LogP contribution in [0.15, 0.2) is 0 Å². The summed E-state index contributed by atoms with van der Waals surface area (Å²) in [5.41, 5.74) is 3.20. The Kier molecular flexibility index (Phi) is 2.72. The van der Waals surface area contributed by atoms with E-state index >= 15 is 0 Å². The molecule has 0 amide bonds. The summed E-state index contributed by atoms with van der Waals surface area (Å²) >= 11 is 1.39. The molecule has 13 heavy (non-hydrogen) atoms. The second-order valence-electron chi connectivity index (χ2n) is 2.86. The molecule has 0 atom stereocenters. The second-order valence-corrected chi connectivity index (χ2v) is 3.61. The molecule has 0 spiro atoms. The highest BCUT2D eigenvalue weighted by atomic mass is 32.1. The molecule has 0 radical (unpaired) electrons. The highest BCUT2D eigenvalue weighted by molar-refractivity contribution is 7.09. The van der Waals surface area contributed by atoms with Crippen LogP contribution in [0.3, 0.4) is 0 Å². The van der Waals surface area contributed by atoms with Gasteiger partial charge in [-0.05, 0) is 6.92 Å². The van der Waals surface area contributed by atoms with Crippen molar-refractivity contribution in [3.63, 3.8) is 0 Å². The molecular weight excluding hydrogens is 188 g/mol. The molecular formula is C7H12N4OS. The molecule has 5 nitrogen and oxygen atoms in total. The number of hydrogen-bond acceptors (Lipinski definition) is 6. The van der Waals surface area contributed by atoms with Gasteiger partial charge in [-0.15, -0.1) is 0 Å². The summed E-state index contributed by atoms with van der Waals surface area (Å²) in [6.07, 6.45) is 0. The van der Waals surface area contributed by atoms with E-state index in [-0.39, 0.29) is 0 Å². The Bertz CT molecular complexity index is 271. The molecule has 0 aliphatic carbocycles. The van der Waals surface area contributed by atoms with Crippen LogP contribution in [0, 0.1) is 6.92 Å². The van der Waals surface area contributed by atoms with E-state index in [1.807, 2.05) is 6.92 Å². The number of hydrazine groups is 1. The Morgan fingerprint density at radius 1 is 1.46 bits per heavy atom. The number of nitrogens with zero attached hydrogens (tertiary/aromatic N) is 3. The van der Waals surface area contributed by atoms with Gasteiger partial charge in [-0.25, -0.2) is 9.99 Å². The lowest BCUT2D eigenvalue weighted by atomic mass is 10.5. The van der Waals surface area contributed by atoms with Crippen LogP contribution in [0.25, 0.3) is 0 Å². The minimum absolute atomic E-state index is 0.783. The van der Waals surface area contributed by atoms with Crippen molar-refractivity contribution in [3.8, 4) is 0 Å². The van der Waals surface area contributed by atoms with Crippen molar-refractivity contribution >= 4 is 16.7 Å². The van der Waals surface area contributed by atoms with Crippen LogP contribution in [0.1, 0.15) is 5.82 Å². The van der Waals surface area contributed by atoms with Crippen LogP contribution in [-0.2, 0) is 4.74 Å². The number of aryl methyl sites for hydroxylation is 1. The van der Waals surface area contributed by atoms with Gasteiger partial charge < -0.3 is 4.74 Å². The van der Waals surface area contributed by atoms with Gasteiger partial charge in [-0.3, -0.25) is 5.43 Å². The molecule has 1 aliphatic heterocycles. The van der Waals surface area contributed by atoms with Crippen molar-refractivity contribution in [2.24, 2.45) is 0 Å². The first-order valence-electron chi connectivity index (χ1n) is 4.24. The van der Waals surface area contributed by atoms with E-state index in [2.05, 4.69) is 19.8 Å². The zero-order valence-corrected chi connectivity index (χ0v) is 8.30. The van der Waals surface area contributed by atoms with Gasteiger partial charge in [0.05, 0.1) is 13.2 Å². The molecule has 72 valence electrons. The quantitative estimate of drug-likeness (QED) is 0.753. The van der Waals surface area contributed by atoms with Gasteiger partial charge in [0.1, 0.15) is 5.82 Å². The monoisotopic (exact) mass is 200 g/mol. The summed E-state index contributed by atoms with van der Waals surface area (Å²) in [7, 11) is 0. The molecule has 6 heteroatoms. The average Bonchev–Trinajstić information content (AvgIpc) is 2.53. The van der Waals surface area contributed by atoms with E-state index < -0.39 is 0 Å². The third-order valence-electron chi connectivity index (χ3n) is 1.79. The molecule has 2 rings (SSSR count). The predicted octanol–water partition coefficient (Wildman–Crippen LogP) is 0.506. The number of rotatable bonds is 2. The first-order valence-corrected chi connectivity index (χ1v) is 5.01. The largest absolute Gasteiger partial charge is 0.379 e. The van der Waals surface area contributed by atoms with E-state index in [4.69, 9.17) is 4.74 Å². The summed E-state index contributed by atoms with van der Waals surface area (Å²) in [6, 6.07) is 0. The number of anilines is 1. The highest BCUT2D eigenvalue weighted by Crippen LogP contribution is 2.11. The summed E-state index contributed by atoms with van der Waals surface area (Å²) in [6.45, 7) is 5.26. The SMILES string of the molecule is Cc1nsc(NN2CCOCC2)n1. The van der Waals surface area contributed by atoms with Crippen LogP contribution < -0.4 is 5.43 Å². The zero-order valence-electron chi connectivity index (χ0n) is 7.49. The lowest BCUT2D eigenvalue weighted by Gasteiger charge is -2.26. The number of hydrogen-bond donors (Lipinski definition) is 1. The molecule has 1 aromatic heterocycles. The fourth-order valence-electron chi connectivity index (χ4n) is 1.15. The third kappa shape index (κ3) is 2.36. The van der Waals surface area contributed by atoms with Crippen LogP contribution in [-0.4, -0.2) is 40.7 Å². The summed E-state index contributed by atoms with van der Waals surface area (Å²) in [5, 5.41) is 2.96. The second kappa shape index (κ2) is 3.99. The summed E-state index contributed by atoms with van der Waals surface area (Å²) in [5.74, 6) is 0.820. The van der Waals surface area contributed by atoms with Crippen molar-refractivity contribution in [1.82, 2.24) is 14.4 Å². The molecule has 0 bridgehead atoms. The number of nitrogens with one attached hydrogen (secondary N) is 1. The standard InChI is InChI=1S/C7H12N4OS/c1-6-8-7(13-10-6)9-11-2-4-12-5-3-11/h2-5H2,1H3,(H,8,9,10). The fourth-order valence-corrected chi connectivity index (χ4v) is 1.76.